The van der Waals surface area contributed by atoms with Gasteiger partial charge in [-0.15, -0.1) is 11.8 Å². The van der Waals surface area contributed by atoms with E-state index >= 15 is 0 Å². The number of thioether (sulfide) groups is 1. The minimum Gasteiger partial charge on any atom is -0.478 e. The Hall–Kier alpha value is -1.16. The van der Waals surface area contributed by atoms with Crippen molar-refractivity contribution in [2.75, 3.05) is 23.7 Å². The predicted molar refractivity (Wildman–Crippen MR) is 71.2 cm³/mol. The third-order valence-electron chi connectivity index (χ3n) is 2.75. The van der Waals surface area contributed by atoms with Crippen LogP contribution in [0.2, 0.25) is 0 Å². The number of rotatable bonds is 3. The lowest BCUT2D eigenvalue weighted by molar-refractivity contribution is 0.0697. The molecule has 0 spiro atoms. The van der Waals surface area contributed by atoms with E-state index in [4.69, 9.17) is 5.11 Å². The van der Waals surface area contributed by atoms with Gasteiger partial charge in [0.2, 0.25) is 0 Å². The molecular weight excluding hydrogens is 234 g/mol. The summed E-state index contributed by atoms with van der Waals surface area (Å²) in [4.78, 5) is 14.5. The number of carboxylic acids is 1. The maximum Gasteiger partial charge on any atom is 0.335 e. The zero-order valence-corrected chi connectivity index (χ0v) is 11.0. The van der Waals surface area contributed by atoms with E-state index in [9.17, 15) is 4.79 Å². The molecule has 2 rings (SSSR count). The lowest BCUT2D eigenvalue weighted by Crippen LogP contribution is -2.32. The van der Waals surface area contributed by atoms with Crippen molar-refractivity contribution in [1.82, 2.24) is 0 Å². The lowest BCUT2D eigenvalue weighted by Gasteiger charge is -2.32. The van der Waals surface area contributed by atoms with Crippen LogP contribution in [0.4, 0.5) is 5.69 Å². The highest BCUT2D eigenvalue weighted by Gasteiger charge is 2.19. The third kappa shape index (κ3) is 2.75. The Labute approximate surface area is 106 Å². The molecule has 1 aliphatic rings. The van der Waals surface area contributed by atoms with Crippen LogP contribution in [0.25, 0.3) is 0 Å². The van der Waals surface area contributed by atoms with Gasteiger partial charge in [0.05, 0.1) is 11.3 Å². The monoisotopic (exact) mass is 251 g/mol. The van der Waals surface area contributed by atoms with Crippen molar-refractivity contribution in [2.45, 2.75) is 18.7 Å². The van der Waals surface area contributed by atoms with Gasteiger partial charge in [0.15, 0.2) is 0 Å². The van der Waals surface area contributed by atoms with E-state index in [1.807, 2.05) is 6.07 Å². The fraction of sp³-hybridized carbons (Fsp3) is 0.462. The summed E-state index contributed by atoms with van der Waals surface area (Å²) in [5.41, 5.74) is 1.45. The number of hydrogen-bond acceptors (Lipinski definition) is 3. The van der Waals surface area contributed by atoms with Crippen molar-refractivity contribution in [2.24, 2.45) is 5.92 Å². The normalized spacial score (nSPS) is 14.9. The van der Waals surface area contributed by atoms with Crippen LogP contribution >= 0.6 is 11.8 Å². The van der Waals surface area contributed by atoms with E-state index in [1.54, 1.807) is 23.9 Å². The summed E-state index contributed by atoms with van der Waals surface area (Å²) in [6.07, 6.45) is 0. The number of carbonyl (C=O) groups is 1. The summed E-state index contributed by atoms with van der Waals surface area (Å²) in [6.45, 7) is 6.35. The van der Waals surface area contributed by atoms with Gasteiger partial charge < -0.3 is 10.0 Å². The molecule has 0 aliphatic carbocycles. The Bertz CT molecular complexity index is 431. The zero-order valence-electron chi connectivity index (χ0n) is 10.1. The van der Waals surface area contributed by atoms with Gasteiger partial charge in [0, 0.05) is 23.7 Å². The zero-order chi connectivity index (χ0) is 12.4. The fourth-order valence-electron chi connectivity index (χ4n) is 2.04. The maximum atomic E-state index is 11.0. The number of nitrogens with zero attached hydrogens (tertiary/aromatic N) is 1. The Morgan fingerprint density at radius 2 is 2.29 bits per heavy atom. The first-order chi connectivity index (χ1) is 8.08. The molecule has 1 heterocycles. The summed E-state index contributed by atoms with van der Waals surface area (Å²) in [6, 6.07) is 5.41. The van der Waals surface area contributed by atoms with Crippen LogP contribution in [0.5, 0.6) is 0 Å². The number of aromatic carboxylic acids is 1. The predicted octanol–water partition coefficient (Wildman–Crippen LogP) is 2.95. The second-order valence-electron chi connectivity index (χ2n) is 4.68. The van der Waals surface area contributed by atoms with Crippen molar-refractivity contribution in [3.8, 4) is 0 Å². The molecule has 92 valence electrons. The molecule has 17 heavy (non-hydrogen) atoms. The molecule has 1 aliphatic heterocycles. The van der Waals surface area contributed by atoms with Gasteiger partial charge in [-0.1, -0.05) is 13.8 Å². The SMILES string of the molecule is CC(C)CN1CCSc2ccc(C(=O)O)cc21. The van der Waals surface area contributed by atoms with Crippen molar-refractivity contribution in [1.29, 1.82) is 0 Å². The Morgan fingerprint density at radius 3 is 2.94 bits per heavy atom. The first-order valence-corrected chi connectivity index (χ1v) is 6.81. The summed E-state index contributed by atoms with van der Waals surface area (Å²) in [7, 11) is 0. The molecule has 0 unspecified atom stereocenters. The van der Waals surface area contributed by atoms with E-state index in [0.717, 1.165) is 24.5 Å². The van der Waals surface area contributed by atoms with Crippen molar-refractivity contribution in [3.63, 3.8) is 0 Å². The van der Waals surface area contributed by atoms with Crippen LogP contribution in [0, 0.1) is 5.92 Å². The first kappa shape index (κ1) is 12.3. The number of hydrogen-bond donors (Lipinski definition) is 1. The Balaban J connectivity index is 2.34. The van der Waals surface area contributed by atoms with Crippen molar-refractivity contribution >= 4 is 23.4 Å². The van der Waals surface area contributed by atoms with Gasteiger partial charge in [0.1, 0.15) is 0 Å². The minimum atomic E-state index is -0.854. The van der Waals surface area contributed by atoms with E-state index in [-0.39, 0.29) is 0 Å². The van der Waals surface area contributed by atoms with Gasteiger partial charge in [-0.25, -0.2) is 4.79 Å². The largest absolute Gasteiger partial charge is 0.478 e. The summed E-state index contributed by atoms with van der Waals surface area (Å²) >= 11 is 1.81. The Kier molecular flexibility index (Phi) is 3.62. The van der Waals surface area contributed by atoms with Crippen LogP contribution in [-0.2, 0) is 0 Å². The van der Waals surface area contributed by atoms with Gasteiger partial charge in [-0.3, -0.25) is 0 Å². The molecule has 0 fully saturated rings. The van der Waals surface area contributed by atoms with Crippen LogP contribution in [0.3, 0.4) is 0 Å². The molecule has 0 aromatic heterocycles. The Morgan fingerprint density at radius 1 is 1.53 bits per heavy atom. The second-order valence-corrected chi connectivity index (χ2v) is 5.81. The molecule has 1 N–H and O–H groups in total. The van der Waals surface area contributed by atoms with E-state index < -0.39 is 5.97 Å². The van der Waals surface area contributed by atoms with Crippen LogP contribution in [0.1, 0.15) is 24.2 Å². The maximum absolute atomic E-state index is 11.0. The highest BCUT2D eigenvalue weighted by molar-refractivity contribution is 7.99. The fourth-order valence-corrected chi connectivity index (χ4v) is 3.07. The molecule has 0 amide bonds. The number of benzene rings is 1. The highest BCUT2D eigenvalue weighted by Crippen LogP contribution is 2.35. The van der Waals surface area contributed by atoms with Crippen LogP contribution in [-0.4, -0.2) is 29.9 Å². The number of carboxylic acid groups (broad SMARTS) is 1. The second kappa shape index (κ2) is 5.00. The molecule has 1 aromatic rings. The minimum absolute atomic E-state index is 0.375. The molecule has 3 nitrogen and oxygen atoms in total. The lowest BCUT2D eigenvalue weighted by atomic mass is 10.1. The van der Waals surface area contributed by atoms with Crippen LogP contribution < -0.4 is 4.90 Å². The average Bonchev–Trinajstić information content (AvgIpc) is 2.28. The molecule has 0 bridgehead atoms. The van der Waals surface area contributed by atoms with E-state index in [2.05, 4.69) is 18.7 Å². The van der Waals surface area contributed by atoms with Gasteiger partial charge >= 0.3 is 5.97 Å². The van der Waals surface area contributed by atoms with E-state index in [1.165, 1.54) is 4.90 Å². The van der Waals surface area contributed by atoms with Gasteiger partial charge in [-0.2, -0.15) is 0 Å². The third-order valence-corrected chi connectivity index (χ3v) is 3.79. The highest BCUT2D eigenvalue weighted by atomic mass is 32.2. The molecule has 0 saturated heterocycles. The first-order valence-electron chi connectivity index (χ1n) is 5.83. The molecule has 0 radical (unpaired) electrons. The van der Waals surface area contributed by atoms with Gasteiger partial charge in [-0.05, 0) is 24.1 Å². The standard InChI is InChI=1S/C13H17NO2S/c1-9(2)8-14-5-6-17-12-4-3-10(13(15)16)7-11(12)14/h3-4,7,9H,5-6,8H2,1-2H3,(H,15,16). The molecule has 0 atom stereocenters. The smallest absolute Gasteiger partial charge is 0.335 e. The quantitative estimate of drug-likeness (QED) is 0.896. The average molecular weight is 251 g/mol. The molecule has 0 saturated carbocycles. The van der Waals surface area contributed by atoms with Crippen molar-refractivity contribution in [3.05, 3.63) is 23.8 Å². The summed E-state index contributed by atoms with van der Waals surface area (Å²) in [5.74, 6) is 0.805. The van der Waals surface area contributed by atoms with Crippen molar-refractivity contribution < 1.29 is 9.90 Å². The topological polar surface area (TPSA) is 40.5 Å². The van der Waals surface area contributed by atoms with E-state index in [0.29, 0.717) is 11.5 Å². The molecular formula is C13H17NO2S. The number of anilines is 1. The summed E-state index contributed by atoms with van der Waals surface area (Å²) < 4.78 is 0. The molecule has 4 heteroatoms. The molecule has 1 aromatic carbocycles. The summed E-state index contributed by atoms with van der Waals surface area (Å²) in [5, 5.41) is 9.03. The van der Waals surface area contributed by atoms with Crippen LogP contribution in [0.15, 0.2) is 23.1 Å². The number of fused-ring (bicyclic) bond motifs is 1. The van der Waals surface area contributed by atoms with Gasteiger partial charge in [0.25, 0.3) is 0 Å².